The number of hydrogen-bond acceptors (Lipinski definition) is 10. The number of nitrogens with two attached hydrogens (primary N) is 1. The minimum Gasteiger partial charge on any atom is -0.504 e. The topological polar surface area (TPSA) is 186 Å². The van der Waals surface area contributed by atoms with E-state index in [4.69, 9.17) is 10.5 Å². The molecule has 1 aliphatic rings. The van der Waals surface area contributed by atoms with Crippen LogP contribution in [-0.4, -0.2) is 65.3 Å². The molecule has 0 saturated carbocycles. The summed E-state index contributed by atoms with van der Waals surface area (Å²) in [6, 6.07) is 0.686. The third-order valence-corrected chi connectivity index (χ3v) is 5.14. The number of hydrogen-bond donors (Lipinski definition) is 5. The average Bonchev–Trinajstić information content (AvgIpc) is 3.34. The van der Waals surface area contributed by atoms with Crippen LogP contribution in [0.5, 0.6) is 11.5 Å². The number of rotatable bonds is 5. The van der Waals surface area contributed by atoms with Crippen molar-refractivity contribution in [2.24, 2.45) is 0 Å². The Bertz CT molecular complexity index is 1340. The highest BCUT2D eigenvalue weighted by molar-refractivity contribution is 5.98. The van der Waals surface area contributed by atoms with E-state index in [1.807, 2.05) is 0 Å². The number of fused-ring (bicyclic) bond motifs is 1. The Morgan fingerprint density at radius 1 is 1.26 bits per heavy atom. The zero-order valence-corrected chi connectivity index (χ0v) is 17.5. The number of aromatic hydroxyl groups is 2. The number of Topliss-reactive ketones (excluding diaryl/α,β-unsaturated/α-hetero) is 1. The van der Waals surface area contributed by atoms with Gasteiger partial charge in [0.25, 0.3) is 5.91 Å². The summed E-state index contributed by atoms with van der Waals surface area (Å²) >= 11 is 0. The highest BCUT2D eigenvalue weighted by Crippen LogP contribution is 2.37. The number of aromatic nitrogens is 4. The molecule has 0 radical (unpaired) electrons. The summed E-state index contributed by atoms with van der Waals surface area (Å²) in [6.07, 6.45) is -3.84. The number of carbonyl (C=O) groups excluding carboxylic acids is 2. The van der Waals surface area contributed by atoms with Gasteiger partial charge in [0.2, 0.25) is 0 Å². The van der Waals surface area contributed by atoms with E-state index in [1.54, 1.807) is 0 Å². The number of halogens is 3. The van der Waals surface area contributed by atoms with E-state index in [9.17, 15) is 38.1 Å². The quantitative estimate of drug-likeness (QED) is 0.249. The first-order valence-electron chi connectivity index (χ1n) is 9.87. The lowest BCUT2D eigenvalue weighted by Crippen LogP contribution is -2.26. The summed E-state index contributed by atoms with van der Waals surface area (Å²) in [7, 11) is 0. The number of alkyl halides is 3. The van der Waals surface area contributed by atoms with Gasteiger partial charge in [0.1, 0.15) is 17.9 Å². The van der Waals surface area contributed by atoms with Crippen molar-refractivity contribution < 1.29 is 42.8 Å². The number of ketones is 1. The van der Waals surface area contributed by atoms with Crippen LogP contribution in [0, 0.1) is 0 Å². The van der Waals surface area contributed by atoms with Crippen molar-refractivity contribution in [3.8, 4) is 11.5 Å². The lowest BCUT2D eigenvalue weighted by atomic mass is 10.1. The Balaban J connectivity index is 1.43. The summed E-state index contributed by atoms with van der Waals surface area (Å²) < 4.78 is 45.6. The van der Waals surface area contributed by atoms with E-state index in [-0.39, 0.29) is 23.5 Å². The minimum absolute atomic E-state index is 0.0971. The maximum absolute atomic E-state index is 12.9. The predicted octanol–water partition coefficient (Wildman–Crippen LogP) is 0.652. The van der Waals surface area contributed by atoms with Gasteiger partial charge < -0.3 is 31.1 Å². The number of nitrogens with one attached hydrogen (secondary N) is 1. The fourth-order valence-electron chi connectivity index (χ4n) is 3.41. The second-order valence-electron chi connectivity index (χ2n) is 7.40. The number of amides is 1. The van der Waals surface area contributed by atoms with Gasteiger partial charge in [0.05, 0.1) is 17.5 Å². The van der Waals surface area contributed by atoms with Gasteiger partial charge in [-0.15, -0.1) is 0 Å². The Kier molecular flexibility index (Phi) is 6.04. The number of nitrogens with zero attached hydrogens (tertiary/aromatic N) is 4. The molecule has 3 aromatic rings. The summed E-state index contributed by atoms with van der Waals surface area (Å²) in [4.78, 5) is 36.5. The first-order valence-corrected chi connectivity index (χ1v) is 9.87. The van der Waals surface area contributed by atoms with Gasteiger partial charge in [-0.1, -0.05) is 12.2 Å². The van der Waals surface area contributed by atoms with E-state index in [1.165, 1.54) is 29.4 Å². The van der Waals surface area contributed by atoms with Crippen LogP contribution in [0.1, 0.15) is 22.1 Å². The van der Waals surface area contributed by atoms with Crippen LogP contribution in [0.2, 0.25) is 0 Å². The Morgan fingerprint density at radius 2 is 2.00 bits per heavy atom. The van der Waals surface area contributed by atoms with Gasteiger partial charge in [-0.25, -0.2) is 15.0 Å². The maximum Gasteiger partial charge on any atom is 0.416 e. The fraction of sp³-hybridized carbons (Fsp3) is 0.250. The molecule has 1 aromatic carbocycles. The van der Waals surface area contributed by atoms with Crippen LogP contribution in [0.4, 0.5) is 19.0 Å². The molecule has 4 rings (SSSR count). The molecular formula is C20H17F3N6O6. The largest absolute Gasteiger partial charge is 0.504 e. The highest BCUT2D eigenvalue weighted by atomic mass is 19.4. The fourth-order valence-corrected chi connectivity index (χ4v) is 3.41. The number of phenolic OH excluding ortho intramolecular Hbond substituents is 2. The van der Waals surface area contributed by atoms with Crippen LogP contribution in [-0.2, 0) is 15.7 Å². The third kappa shape index (κ3) is 4.45. The number of aliphatic hydroxyl groups is 1. The van der Waals surface area contributed by atoms with Crippen molar-refractivity contribution >= 4 is 28.7 Å². The number of aliphatic hydroxyl groups excluding tert-OH is 1. The predicted molar refractivity (Wildman–Crippen MR) is 111 cm³/mol. The maximum atomic E-state index is 12.9. The second-order valence-corrected chi connectivity index (χ2v) is 7.40. The first-order chi connectivity index (χ1) is 16.5. The van der Waals surface area contributed by atoms with Gasteiger partial charge >= 0.3 is 6.18 Å². The zero-order valence-electron chi connectivity index (χ0n) is 17.5. The first kappa shape index (κ1) is 23.9. The number of benzene rings is 1. The van der Waals surface area contributed by atoms with E-state index in [0.29, 0.717) is 12.1 Å². The lowest BCUT2D eigenvalue weighted by molar-refractivity contribution is -0.137. The van der Waals surface area contributed by atoms with Crippen LogP contribution in [0.25, 0.3) is 11.2 Å². The number of phenols is 2. The Labute approximate surface area is 193 Å². The van der Waals surface area contributed by atoms with Crippen molar-refractivity contribution in [1.29, 1.82) is 0 Å². The van der Waals surface area contributed by atoms with Crippen molar-refractivity contribution in [2.45, 2.75) is 24.6 Å². The van der Waals surface area contributed by atoms with Crippen molar-refractivity contribution in [3.05, 3.63) is 48.1 Å². The monoisotopic (exact) mass is 494 g/mol. The van der Waals surface area contributed by atoms with E-state index >= 15 is 0 Å². The second kappa shape index (κ2) is 8.84. The molecule has 35 heavy (non-hydrogen) atoms. The van der Waals surface area contributed by atoms with E-state index < -0.39 is 58.9 Å². The lowest BCUT2D eigenvalue weighted by Gasteiger charge is -2.14. The summed E-state index contributed by atoms with van der Waals surface area (Å²) in [5, 5.41) is 31.8. The van der Waals surface area contributed by atoms with E-state index in [0.717, 1.165) is 0 Å². The third-order valence-electron chi connectivity index (χ3n) is 5.14. The van der Waals surface area contributed by atoms with Crippen LogP contribution in [0.3, 0.4) is 0 Å². The smallest absolute Gasteiger partial charge is 0.416 e. The molecule has 0 bridgehead atoms. The van der Waals surface area contributed by atoms with Crippen molar-refractivity contribution in [2.75, 3.05) is 12.3 Å². The van der Waals surface area contributed by atoms with Gasteiger partial charge in [-0.2, -0.15) is 13.2 Å². The highest BCUT2D eigenvalue weighted by Gasteiger charge is 2.43. The standard InChI is InChI=1S/C20H17F3N6O6/c21-20(22,23)8-4-9(13(31)10(30)5-8)18(34)25-3-1-2-11-14(32)15(33)19(35-11)29-7-28-12-16(24)26-6-27-17(12)29/h1-2,4-7,11,15,19,30-31,33H,3H2,(H,25,34)(H2,24,26,27)/b2-1+. The molecule has 184 valence electrons. The minimum atomic E-state index is -4.85. The summed E-state index contributed by atoms with van der Waals surface area (Å²) in [6.45, 7) is -0.277. The SMILES string of the molecule is Nc1ncnc2c1ncn2C1OC(/C=C/CNC(=O)c2cc(C(F)(F)F)cc(O)c2O)C(=O)C1O. The zero-order chi connectivity index (χ0) is 25.5. The molecule has 3 atom stereocenters. The molecule has 1 amide bonds. The van der Waals surface area contributed by atoms with Crippen molar-refractivity contribution in [3.63, 3.8) is 0 Å². The number of imidazole rings is 1. The summed E-state index contributed by atoms with van der Waals surface area (Å²) in [5.74, 6) is -3.82. The molecule has 1 fully saturated rings. The molecular weight excluding hydrogens is 477 g/mol. The van der Waals surface area contributed by atoms with Crippen molar-refractivity contribution in [1.82, 2.24) is 24.8 Å². The van der Waals surface area contributed by atoms with Gasteiger partial charge in [0, 0.05) is 6.54 Å². The number of anilines is 1. The molecule has 1 saturated heterocycles. The molecule has 0 aliphatic carbocycles. The molecule has 3 heterocycles. The van der Waals surface area contributed by atoms with Gasteiger partial charge in [0.15, 0.2) is 41.1 Å². The van der Waals surface area contributed by atoms with Crippen LogP contribution in [0.15, 0.2) is 36.9 Å². The number of carbonyl (C=O) groups is 2. The molecule has 6 N–H and O–H groups in total. The number of nitrogen functional groups attached to an aromatic ring is 1. The molecule has 0 spiro atoms. The summed E-state index contributed by atoms with van der Waals surface area (Å²) in [5.41, 5.74) is 4.10. The van der Waals surface area contributed by atoms with Gasteiger partial charge in [-0.05, 0) is 12.1 Å². The Hall–Kier alpha value is -4.24. The van der Waals surface area contributed by atoms with E-state index in [2.05, 4.69) is 20.3 Å². The molecule has 15 heteroatoms. The average molecular weight is 494 g/mol. The normalized spacial score (nSPS) is 20.7. The van der Waals surface area contributed by atoms with Crippen LogP contribution < -0.4 is 11.1 Å². The molecule has 3 unspecified atom stereocenters. The number of ether oxygens (including phenoxy) is 1. The van der Waals surface area contributed by atoms with Crippen LogP contribution >= 0.6 is 0 Å². The Morgan fingerprint density at radius 3 is 2.71 bits per heavy atom. The molecule has 12 nitrogen and oxygen atoms in total. The van der Waals surface area contributed by atoms with Gasteiger partial charge in [-0.3, -0.25) is 14.2 Å². The molecule has 1 aliphatic heterocycles. The molecule has 2 aromatic heterocycles.